The van der Waals surface area contributed by atoms with Gasteiger partial charge in [-0.3, -0.25) is 4.79 Å². The van der Waals surface area contributed by atoms with Crippen LogP contribution in [0.25, 0.3) is 21.0 Å². The van der Waals surface area contributed by atoms with E-state index in [0.29, 0.717) is 26.3 Å². The lowest BCUT2D eigenvalue weighted by molar-refractivity contribution is -0.603. The first-order valence-electron chi connectivity index (χ1n) is 11.8. The van der Waals surface area contributed by atoms with Crippen LogP contribution >= 0.6 is 22.9 Å². The molecule has 1 aromatic carbocycles. The number of sulfonamides is 1. The molecular weight excluding hydrogens is 552 g/mol. The third kappa shape index (κ3) is 5.08. The minimum atomic E-state index is -3.89. The van der Waals surface area contributed by atoms with Crippen molar-refractivity contribution in [3.63, 3.8) is 0 Å². The quantitative estimate of drug-likeness (QED) is 0.268. The summed E-state index contributed by atoms with van der Waals surface area (Å²) in [6.07, 6.45) is 1.98. The van der Waals surface area contributed by atoms with Crippen LogP contribution in [0.15, 0.2) is 53.0 Å². The molecule has 1 amide bonds. The third-order valence-electron chi connectivity index (χ3n) is 6.06. The van der Waals surface area contributed by atoms with Crippen LogP contribution in [-0.2, 0) is 26.1 Å². The maximum atomic E-state index is 13.3. The molecule has 200 valence electrons. The number of aromatic nitrogens is 2. The van der Waals surface area contributed by atoms with Crippen LogP contribution in [0.2, 0.25) is 5.02 Å². The molecule has 0 saturated carbocycles. The maximum Gasteiger partial charge on any atom is 0.419 e. The molecule has 38 heavy (non-hydrogen) atoms. The molecule has 10 nitrogen and oxygen atoms in total. The van der Waals surface area contributed by atoms with Crippen LogP contribution in [0.3, 0.4) is 0 Å². The Hall–Kier alpha value is -3.19. The minimum Gasteiger partial charge on any atom is -0.619 e. The Morgan fingerprint density at radius 2 is 1.92 bits per heavy atom. The van der Waals surface area contributed by atoms with E-state index in [-0.39, 0.29) is 30.4 Å². The maximum absolute atomic E-state index is 13.3. The van der Waals surface area contributed by atoms with Gasteiger partial charge in [0.2, 0.25) is 5.91 Å². The number of benzene rings is 1. The van der Waals surface area contributed by atoms with Crippen molar-refractivity contribution in [1.29, 1.82) is 0 Å². The van der Waals surface area contributed by atoms with Gasteiger partial charge in [-0.1, -0.05) is 17.7 Å². The van der Waals surface area contributed by atoms with E-state index in [1.54, 1.807) is 51.1 Å². The number of halogens is 1. The average molecular weight is 577 g/mol. The molecule has 0 radical (unpaired) electrons. The molecule has 1 aliphatic rings. The Morgan fingerprint density at radius 3 is 2.63 bits per heavy atom. The number of hydrogen-bond acceptors (Lipinski definition) is 7. The number of carbonyl (C=O) groups excluding carboxylic acids is 2. The first-order valence-corrected chi connectivity index (χ1v) is 14.4. The summed E-state index contributed by atoms with van der Waals surface area (Å²) >= 11 is 7.15. The predicted octanol–water partition coefficient (Wildman–Crippen LogP) is 3.96. The van der Waals surface area contributed by atoms with Gasteiger partial charge < -0.3 is 14.8 Å². The van der Waals surface area contributed by atoms with Gasteiger partial charge in [0, 0.05) is 34.6 Å². The summed E-state index contributed by atoms with van der Waals surface area (Å²) in [4.78, 5) is 27.7. The summed E-state index contributed by atoms with van der Waals surface area (Å²) in [7, 11) is -3.89. The van der Waals surface area contributed by atoms with E-state index >= 15 is 0 Å². The summed E-state index contributed by atoms with van der Waals surface area (Å²) < 4.78 is 36.2. The number of ether oxygens (including phenoxy) is 1. The summed E-state index contributed by atoms with van der Waals surface area (Å²) in [5.74, 6) is -0.399. The van der Waals surface area contributed by atoms with E-state index in [2.05, 4.69) is 0 Å². The van der Waals surface area contributed by atoms with Crippen molar-refractivity contribution >= 4 is 66.0 Å². The van der Waals surface area contributed by atoms with Crippen molar-refractivity contribution in [2.75, 3.05) is 19.6 Å². The first-order chi connectivity index (χ1) is 17.8. The summed E-state index contributed by atoms with van der Waals surface area (Å²) in [5.41, 5.74) is 0.165. The monoisotopic (exact) mass is 576 g/mol. The highest BCUT2D eigenvalue weighted by Crippen LogP contribution is 2.33. The number of fused-ring (bicyclic) bond motifs is 2. The zero-order chi connectivity index (χ0) is 27.4. The summed E-state index contributed by atoms with van der Waals surface area (Å²) in [6, 6.07) is 9.93. The highest BCUT2D eigenvalue weighted by atomic mass is 35.5. The number of pyridine rings is 1. The normalized spacial score (nSPS) is 15.5. The third-order valence-corrected chi connectivity index (χ3v) is 9.69. The SMILES string of the molecule is CC(C)(C)OC(=O)n1c(CN2CCN(S(=O)(=O)c3cc4ccc(Cl)cc4s3)CC2=O)cc2c[n+]([O-])ccc21. The summed E-state index contributed by atoms with van der Waals surface area (Å²) in [6.45, 7) is 5.18. The molecule has 1 aliphatic heterocycles. The zero-order valence-corrected chi connectivity index (χ0v) is 23.3. The van der Waals surface area contributed by atoms with Gasteiger partial charge >= 0.3 is 6.09 Å². The van der Waals surface area contributed by atoms with Crippen molar-refractivity contribution in [3.8, 4) is 0 Å². The van der Waals surface area contributed by atoms with Crippen molar-refractivity contribution < 1.29 is 27.5 Å². The fourth-order valence-corrected chi connectivity index (χ4v) is 7.54. The fraction of sp³-hybridized carbons (Fsp3) is 0.320. The van der Waals surface area contributed by atoms with Gasteiger partial charge in [-0.05, 0) is 50.4 Å². The van der Waals surface area contributed by atoms with E-state index in [0.717, 1.165) is 21.4 Å². The summed E-state index contributed by atoms with van der Waals surface area (Å²) in [5, 5.41) is 13.6. The topological polar surface area (TPSA) is 116 Å². The molecule has 0 atom stereocenters. The number of hydrogen-bond donors (Lipinski definition) is 0. The number of piperazine rings is 1. The molecule has 0 bridgehead atoms. The Kier molecular flexibility index (Phi) is 6.62. The van der Waals surface area contributed by atoms with E-state index < -0.39 is 27.6 Å². The highest BCUT2D eigenvalue weighted by Gasteiger charge is 2.35. The van der Waals surface area contributed by atoms with Crippen LogP contribution < -0.4 is 4.73 Å². The van der Waals surface area contributed by atoms with Gasteiger partial charge in [0.25, 0.3) is 10.0 Å². The second kappa shape index (κ2) is 9.53. The standard InChI is InChI=1S/C25H25ClN4O6S2/c1-25(2,3)36-24(32)30-19(10-17-13-28(33)7-6-20(17)30)14-27-8-9-29(15-22(27)31)38(34,35)23-11-16-4-5-18(26)12-21(16)37-23/h4-7,10-13H,8-9,14-15H2,1-3H3. The molecule has 13 heteroatoms. The molecule has 3 aromatic heterocycles. The largest absolute Gasteiger partial charge is 0.619 e. The Morgan fingerprint density at radius 1 is 1.16 bits per heavy atom. The molecular formula is C25H25ClN4O6S2. The van der Waals surface area contributed by atoms with E-state index in [1.807, 2.05) is 0 Å². The highest BCUT2D eigenvalue weighted by molar-refractivity contribution is 7.91. The van der Waals surface area contributed by atoms with Gasteiger partial charge in [-0.2, -0.15) is 9.04 Å². The second-order valence-corrected chi connectivity index (χ2v) is 13.7. The Bertz CT molecular complexity index is 1690. The van der Waals surface area contributed by atoms with Crippen LogP contribution in [0.5, 0.6) is 0 Å². The fourth-order valence-electron chi connectivity index (χ4n) is 4.33. The van der Waals surface area contributed by atoms with Gasteiger partial charge in [0.1, 0.15) is 9.81 Å². The smallest absolute Gasteiger partial charge is 0.419 e. The molecule has 5 rings (SSSR count). The number of rotatable bonds is 4. The average Bonchev–Trinajstić information content (AvgIpc) is 3.40. The van der Waals surface area contributed by atoms with Crippen molar-refractivity contribution in [1.82, 2.24) is 13.8 Å². The molecule has 1 saturated heterocycles. The second-order valence-electron chi connectivity index (χ2n) is 10.00. The number of carbonyl (C=O) groups is 2. The van der Waals surface area contributed by atoms with E-state index in [4.69, 9.17) is 16.3 Å². The molecule has 0 aliphatic carbocycles. The van der Waals surface area contributed by atoms with Gasteiger partial charge in [0.15, 0.2) is 12.4 Å². The van der Waals surface area contributed by atoms with Gasteiger partial charge in [-0.15, -0.1) is 11.3 Å². The zero-order valence-electron chi connectivity index (χ0n) is 20.9. The minimum absolute atomic E-state index is 0.0425. The molecule has 4 aromatic rings. The first kappa shape index (κ1) is 26.4. The van der Waals surface area contributed by atoms with Crippen molar-refractivity contribution in [2.45, 2.75) is 37.1 Å². The van der Waals surface area contributed by atoms with Crippen molar-refractivity contribution in [3.05, 3.63) is 64.7 Å². The van der Waals surface area contributed by atoms with Crippen LogP contribution in [-0.4, -0.2) is 59.4 Å². The molecule has 0 unspecified atom stereocenters. The number of nitrogens with zero attached hydrogens (tertiary/aromatic N) is 4. The van der Waals surface area contributed by atoms with Crippen molar-refractivity contribution in [2.24, 2.45) is 0 Å². The lowest BCUT2D eigenvalue weighted by atomic mass is 10.2. The van der Waals surface area contributed by atoms with Crippen LogP contribution in [0.1, 0.15) is 26.5 Å². The predicted molar refractivity (Wildman–Crippen MR) is 144 cm³/mol. The van der Waals surface area contributed by atoms with E-state index in [1.165, 1.54) is 32.2 Å². The van der Waals surface area contributed by atoms with Gasteiger partial charge in [-0.25, -0.2) is 17.8 Å². The molecule has 4 heterocycles. The van der Waals surface area contributed by atoms with Crippen LogP contribution in [0, 0.1) is 5.21 Å². The number of amides is 1. The molecule has 0 N–H and O–H groups in total. The lowest BCUT2D eigenvalue weighted by Gasteiger charge is -2.33. The Labute approximate surface area is 228 Å². The van der Waals surface area contributed by atoms with Crippen LogP contribution in [0.4, 0.5) is 4.79 Å². The van der Waals surface area contributed by atoms with Gasteiger partial charge in [0.05, 0.1) is 24.0 Å². The number of thiophene rings is 1. The molecule has 0 spiro atoms. The van der Waals surface area contributed by atoms with E-state index in [9.17, 15) is 23.2 Å². The molecule has 1 fully saturated rings. The Balaban J connectivity index is 1.38. The lowest BCUT2D eigenvalue weighted by Crippen LogP contribution is -2.51.